The molecule has 1 unspecified atom stereocenters. The minimum atomic E-state index is -0.284. The topological polar surface area (TPSA) is 59.6 Å². The second-order valence-corrected chi connectivity index (χ2v) is 7.74. The van der Waals surface area contributed by atoms with E-state index in [1.54, 1.807) is 18.2 Å². The number of hydrogen-bond donors (Lipinski definition) is 2. The Bertz CT molecular complexity index is 806. The van der Waals surface area contributed by atoms with Crippen molar-refractivity contribution in [3.63, 3.8) is 0 Å². The highest BCUT2D eigenvalue weighted by molar-refractivity contribution is 7.80. The fourth-order valence-electron chi connectivity index (χ4n) is 2.41. The van der Waals surface area contributed by atoms with Gasteiger partial charge in [-0.3, -0.25) is 10.1 Å². The number of amides is 1. The number of rotatable bonds is 9. The van der Waals surface area contributed by atoms with Crippen molar-refractivity contribution in [2.75, 3.05) is 11.9 Å². The van der Waals surface area contributed by atoms with Gasteiger partial charge in [0.15, 0.2) is 5.11 Å². The standard InChI is InChI=1S/C23H30N2O3S/c1-5-17(4)28-20-11-9-19(10-12-20)24-23(29)25-22(26)18-7-6-8-21(15-18)27-14-13-16(2)3/h6-12,15-17H,5,13-14H2,1-4H3,(H2,24,25,26,29). The molecule has 0 aliphatic carbocycles. The van der Waals surface area contributed by atoms with Crippen molar-refractivity contribution >= 4 is 28.9 Å². The number of anilines is 1. The summed E-state index contributed by atoms with van der Waals surface area (Å²) in [6.45, 7) is 9.02. The third-order valence-electron chi connectivity index (χ3n) is 4.31. The molecule has 0 saturated carbocycles. The summed E-state index contributed by atoms with van der Waals surface area (Å²) in [6, 6.07) is 14.6. The Labute approximate surface area is 178 Å². The molecule has 0 aliphatic rings. The van der Waals surface area contributed by atoms with Crippen LogP contribution in [0.2, 0.25) is 0 Å². The molecule has 0 aliphatic heterocycles. The highest BCUT2D eigenvalue weighted by Crippen LogP contribution is 2.18. The van der Waals surface area contributed by atoms with Gasteiger partial charge in [-0.15, -0.1) is 0 Å². The maximum Gasteiger partial charge on any atom is 0.257 e. The van der Waals surface area contributed by atoms with Crippen LogP contribution in [0, 0.1) is 5.92 Å². The zero-order chi connectivity index (χ0) is 21.2. The second-order valence-electron chi connectivity index (χ2n) is 7.33. The van der Waals surface area contributed by atoms with Crippen LogP contribution in [0.3, 0.4) is 0 Å². The molecule has 0 heterocycles. The SMILES string of the molecule is CCC(C)Oc1ccc(NC(=S)NC(=O)c2cccc(OCCC(C)C)c2)cc1. The van der Waals surface area contributed by atoms with Crippen LogP contribution >= 0.6 is 12.2 Å². The van der Waals surface area contributed by atoms with Gasteiger partial charge in [0, 0.05) is 11.3 Å². The summed E-state index contributed by atoms with van der Waals surface area (Å²) in [4.78, 5) is 12.5. The second kappa shape index (κ2) is 11.4. The first-order valence-corrected chi connectivity index (χ1v) is 10.4. The minimum Gasteiger partial charge on any atom is -0.494 e. The van der Waals surface area contributed by atoms with E-state index in [2.05, 4.69) is 31.4 Å². The Balaban J connectivity index is 1.88. The van der Waals surface area contributed by atoms with Crippen LogP contribution in [0.15, 0.2) is 48.5 Å². The van der Waals surface area contributed by atoms with Crippen molar-refractivity contribution in [3.05, 3.63) is 54.1 Å². The van der Waals surface area contributed by atoms with Crippen molar-refractivity contribution in [3.8, 4) is 11.5 Å². The summed E-state index contributed by atoms with van der Waals surface area (Å²) in [5.41, 5.74) is 1.27. The van der Waals surface area contributed by atoms with E-state index in [1.165, 1.54) is 0 Å². The molecule has 6 heteroatoms. The van der Waals surface area contributed by atoms with Crippen molar-refractivity contribution in [2.24, 2.45) is 5.92 Å². The number of carbonyl (C=O) groups is 1. The van der Waals surface area contributed by atoms with E-state index in [4.69, 9.17) is 21.7 Å². The van der Waals surface area contributed by atoms with Crippen molar-refractivity contribution in [2.45, 2.75) is 46.6 Å². The van der Waals surface area contributed by atoms with E-state index in [9.17, 15) is 4.79 Å². The molecular formula is C23H30N2O3S. The van der Waals surface area contributed by atoms with Crippen LogP contribution in [-0.2, 0) is 0 Å². The molecule has 0 bridgehead atoms. The Kier molecular flexibility index (Phi) is 8.93. The van der Waals surface area contributed by atoms with Gasteiger partial charge in [0.1, 0.15) is 11.5 Å². The predicted octanol–water partition coefficient (Wildman–Crippen LogP) is 5.42. The first-order valence-electron chi connectivity index (χ1n) is 9.99. The van der Waals surface area contributed by atoms with Gasteiger partial charge < -0.3 is 14.8 Å². The number of hydrogen-bond acceptors (Lipinski definition) is 4. The zero-order valence-corrected chi connectivity index (χ0v) is 18.3. The first kappa shape index (κ1) is 22.7. The first-order chi connectivity index (χ1) is 13.9. The molecule has 156 valence electrons. The summed E-state index contributed by atoms with van der Waals surface area (Å²) in [7, 11) is 0. The highest BCUT2D eigenvalue weighted by atomic mass is 32.1. The lowest BCUT2D eigenvalue weighted by Crippen LogP contribution is -2.34. The molecule has 5 nitrogen and oxygen atoms in total. The lowest BCUT2D eigenvalue weighted by molar-refractivity contribution is 0.0977. The van der Waals surface area contributed by atoms with Crippen LogP contribution < -0.4 is 20.1 Å². The van der Waals surface area contributed by atoms with E-state index < -0.39 is 0 Å². The van der Waals surface area contributed by atoms with E-state index in [-0.39, 0.29) is 17.1 Å². The Hall–Kier alpha value is -2.60. The number of nitrogens with one attached hydrogen (secondary N) is 2. The fourth-order valence-corrected chi connectivity index (χ4v) is 2.62. The quantitative estimate of drug-likeness (QED) is 0.537. The Morgan fingerprint density at radius 3 is 2.45 bits per heavy atom. The Morgan fingerprint density at radius 2 is 1.79 bits per heavy atom. The smallest absolute Gasteiger partial charge is 0.257 e. The molecular weight excluding hydrogens is 384 g/mol. The summed E-state index contributed by atoms with van der Waals surface area (Å²) in [5, 5.41) is 5.94. The van der Waals surface area contributed by atoms with Crippen molar-refractivity contribution in [1.29, 1.82) is 0 Å². The molecule has 0 spiro atoms. The van der Waals surface area contributed by atoms with Gasteiger partial charge in [-0.25, -0.2) is 0 Å². The van der Waals surface area contributed by atoms with Gasteiger partial charge in [-0.2, -0.15) is 0 Å². The highest BCUT2D eigenvalue weighted by Gasteiger charge is 2.10. The van der Waals surface area contributed by atoms with E-state index >= 15 is 0 Å². The average molecular weight is 415 g/mol. The molecule has 2 aromatic carbocycles. The molecule has 1 atom stereocenters. The molecule has 0 radical (unpaired) electrons. The summed E-state index contributed by atoms with van der Waals surface area (Å²) >= 11 is 5.26. The zero-order valence-electron chi connectivity index (χ0n) is 17.5. The van der Waals surface area contributed by atoms with Gasteiger partial charge in [-0.1, -0.05) is 26.8 Å². The summed E-state index contributed by atoms with van der Waals surface area (Å²) in [6.07, 6.45) is 2.07. The fraction of sp³-hybridized carbons (Fsp3) is 0.391. The third-order valence-corrected chi connectivity index (χ3v) is 4.52. The Morgan fingerprint density at radius 1 is 1.07 bits per heavy atom. The third kappa shape index (κ3) is 8.11. The lowest BCUT2D eigenvalue weighted by Gasteiger charge is -2.14. The number of thiocarbonyl (C=S) groups is 1. The van der Waals surface area contributed by atoms with Gasteiger partial charge in [0.2, 0.25) is 0 Å². The van der Waals surface area contributed by atoms with E-state index in [1.807, 2.05) is 37.3 Å². The van der Waals surface area contributed by atoms with Gasteiger partial charge in [0.05, 0.1) is 12.7 Å². The van der Waals surface area contributed by atoms with Crippen LogP contribution in [-0.4, -0.2) is 23.7 Å². The molecule has 1 amide bonds. The van der Waals surface area contributed by atoms with Gasteiger partial charge >= 0.3 is 0 Å². The predicted molar refractivity (Wildman–Crippen MR) is 122 cm³/mol. The lowest BCUT2D eigenvalue weighted by atomic mass is 10.1. The number of carbonyl (C=O) groups excluding carboxylic acids is 1. The largest absolute Gasteiger partial charge is 0.494 e. The monoisotopic (exact) mass is 414 g/mol. The molecule has 2 rings (SSSR count). The molecule has 0 fully saturated rings. The number of benzene rings is 2. The summed E-state index contributed by atoms with van der Waals surface area (Å²) in [5.74, 6) is 1.76. The molecule has 2 N–H and O–H groups in total. The van der Waals surface area contributed by atoms with Gasteiger partial charge in [-0.05, 0) is 80.4 Å². The minimum absolute atomic E-state index is 0.166. The molecule has 0 saturated heterocycles. The average Bonchev–Trinajstić information content (AvgIpc) is 2.69. The molecule has 29 heavy (non-hydrogen) atoms. The normalized spacial score (nSPS) is 11.6. The van der Waals surface area contributed by atoms with Crippen LogP contribution in [0.1, 0.15) is 50.9 Å². The van der Waals surface area contributed by atoms with Crippen LogP contribution in [0.4, 0.5) is 5.69 Å². The number of ether oxygens (including phenoxy) is 2. The molecule has 0 aromatic heterocycles. The van der Waals surface area contributed by atoms with E-state index in [0.717, 1.165) is 24.3 Å². The van der Waals surface area contributed by atoms with Crippen molar-refractivity contribution < 1.29 is 14.3 Å². The summed E-state index contributed by atoms with van der Waals surface area (Å²) < 4.78 is 11.5. The molecule has 2 aromatic rings. The van der Waals surface area contributed by atoms with Crippen LogP contribution in [0.25, 0.3) is 0 Å². The van der Waals surface area contributed by atoms with Gasteiger partial charge in [0.25, 0.3) is 5.91 Å². The van der Waals surface area contributed by atoms with Crippen molar-refractivity contribution in [1.82, 2.24) is 5.32 Å². The maximum atomic E-state index is 12.5. The van der Waals surface area contributed by atoms with Crippen LogP contribution in [0.5, 0.6) is 11.5 Å². The maximum absolute atomic E-state index is 12.5. The van der Waals surface area contributed by atoms with E-state index in [0.29, 0.717) is 23.8 Å².